The Morgan fingerprint density at radius 2 is 2.20 bits per heavy atom. The predicted octanol–water partition coefficient (Wildman–Crippen LogP) is 2.37. The highest BCUT2D eigenvalue weighted by Gasteiger charge is 2.12. The molecule has 0 aliphatic heterocycles. The van der Waals surface area contributed by atoms with E-state index in [1.807, 2.05) is 18.2 Å². The number of carbonyl (C=O) groups is 1. The molecule has 0 aliphatic rings. The summed E-state index contributed by atoms with van der Waals surface area (Å²) in [5, 5.41) is 8.02. The molecule has 0 bridgehead atoms. The average molecular weight is 382 g/mol. The van der Waals surface area contributed by atoms with Gasteiger partial charge in [0, 0.05) is 19.5 Å². The topological polar surface area (TPSA) is 59.3 Å². The van der Waals surface area contributed by atoms with Crippen LogP contribution < -0.4 is 5.43 Å². The van der Waals surface area contributed by atoms with E-state index in [1.165, 1.54) is 5.56 Å². The number of rotatable bonds is 5. The Hall–Kier alpha value is -1.70. The lowest BCUT2D eigenvalue weighted by molar-refractivity contribution is 0.0948. The van der Waals surface area contributed by atoms with Crippen molar-refractivity contribution in [2.24, 2.45) is 12.1 Å². The fourth-order valence-corrected chi connectivity index (χ4v) is 2.47. The lowest BCUT2D eigenvalue weighted by Crippen LogP contribution is -2.19. The van der Waals surface area contributed by atoms with Crippen LogP contribution in [0.4, 0.5) is 0 Å². The number of hydrazone groups is 1. The normalized spacial score (nSPS) is 10.9. The van der Waals surface area contributed by atoms with E-state index >= 15 is 0 Å². The van der Waals surface area contributed by atoms with Crippen molar-refractivity contribution in [3.63, 3.8) is 0 Å². The molecule has 0 radical (unpaired) electrons. The van der Waals surface area contributed by atoms with E-state index in [9.17, 15) is 4.79 Å². The average Bonchev–Trinajstić information content (AvgIpc) is 2.78. The lowest BCUT2D eigenvalue weighted by atomic mass is 10.1. The Balaban J connectivity index is 1.79. The van der Waals surface area contributed by atoms with Crippen molar-refractivity contribution in [3.8, 4) is 0 Å². The summed E-state index contributed by atoms with van der Waals surface area (Å²) in [5.74, 6) is -0.286. The van der Waals surface area contributed by atoms with Crippen LogP contribution in [0.5, 0.6) is 0 Å². The zero-order chi connectivity index (χ0) is 14.4. The smallest absolute Gasteiger partial charge is 0.274 e. The number of nitrogens with zero attached hydrogens (tertiary/aromatic N) is 3. The molecule has 0 saturated carbocycles. The van der Waals surface area contributed by atoms with Crippen LogP contribution in [0.15, 0.2) is 41.6 Å². The second-order valence-electron chi connectivity index (χ2n) is 4.28. The van der Waals surface area contributed by atoms with Gasteiger partial charge in [0.2, 0.25) is 0 Å². The molecular weight excluding hydrogens is 367 g/mol. The summed E-state index contributed by atoms with van der Waals surface area (Å²) in [6, 6.07) is 10.2. The predicted molar refractivity (Wildman–Crippen MR) is 86.6 cm³/mol. The number of nitrogens with one attached hydrogen (secondary N) is 1. The molecule has 1 amide bonds. The van der Waals surface area contributed by atoms with Gasteiger partial charge in [0.25, 0.3) is 5.91 Å². The Labute approximate surface area is 131 Å². The molecule has 0 aliphatic carbocycles. The van der Waals surface area contributed by atoms with Gasteiger partial charge in [-0.2, -0.15) is 10.2 Å². The minimum atomic E-state index is -0.286. The van der Waals surface area contributed by atoms with Gasteiger partial charge in [-0.05, 0) is 41.0 Å². The largest absolute Gasteiger partial charge is 0.292 e. The first-order valence-electron chi connectivity index (χ1n) is 6.22. The minimum absolute atomic E-state index is 0.286. The van der Waals surface area contributed by atoms with Crippen LogP contribution in [0.25, 0.3) is 0 Å². The zero-order valence-corrected chi connectivity index (χ0v) is 13.2. The van der Waals surface area contributed by atoms with E-state index in [-0.39, 0.29) is 5.91 Å². The van der Waals surface area contributed by atoms with Crippen LogP contribution in [0.1, 0.15) is 22.5 Å². The highest BCUT2D eigenvalue weighted by molar-refractivity contribution is 14.1. The Bertz CT molecular complexity index is 607. The summed E-state index contributed by atoms with van der Waals surface area (Å²) in [6.45, 7) is 0. The summed E-state index contributed by atoms with van der Waals surface area (Å²) >= 11 is 2.08. The van der Waals surface area contributed by atoms with Crippen LogP contribution in [-0.4, -0.2) is 21.9 Å². The maximum absolute atomic E-state index is 11.8. The third kappa shape index (κ3) is 4.16. The third-order valence-electron chi connectivity index (χ3n) is 2.66. The lowest BCUT2D eigenvalue weighted by Gasteiger charge is -1.97. The Morgan fingerprint density at radius 3 is 2.85 bits per heavy atom. The number of aryl methyl sites for hydroxylation is 2. The van der Waals surface area contributed by atoms with Crippen molar-refractivity contribution < 1.29 is 4.79 Å². The van der Waals surface area contributed by atoms with Crippen molar-refractivity contribution in [1.29, 1.82) is 0 Å². The van der Waals surface area contributed by atoms with E-state index < -0.39 is 0 Å². The van der Waals surface area contributed by atoms with Crippen molar-refractivity contribution in [2.45, 2.75) is 12.8 Å². The number of carbonyl (C=O) groups excluding carboxylic acids is 1. The highest BCUT2D eigenvalue weighted by Crippen LogP contribution is 2.08. The van der Waals surface area contributed by atoms with Crippen LogP contribution in [-0.2, 0) is 13.5 Å². The van der Waals surface area contributed by atoms with Crippen LogP contribution in [0.2, 0.25) is 0 Å². The summed E-state index contributed by atoms with van der Waals surface area (Å²) < 4.78 is 2.41. The molecule has 1 heterocycles. The molecule has 1 N–H and O–H groups in total. The molecule has 0 spiro atoms. The molecule has 0 unspecified atom stereocenters. The van der Waals surface area contributed by atoms with E-state index in [0.717, 1.165) is 16.4 Å². The van der Waals surface area contributed by atoms with Gasteiger partial charge in [-0.3, -0.25) is 9.48 Å². The Morgan fingerprint density at radius 1 is 1.45 bits per heavy atom. The van der Waals surface area contributed by atoms with E-state index in [1.54, 1.807) is 24.1 Å². The molecule has 6 heteroatoms. The van der Waals surface area contributed by atoms with Crippen molar-refractivity contribution >= 4 is 34.7 Å². The van der Waals surface area contributed by atoms with Gasteiger partial charge in [-0.25, -0.2) is 5.43 Å². The monoisotopic (exact) mass is 382 g/mol. The fourth-order valence-electron chi connectivity index (χ4n) is 1.71. The van der Waals surface area contributed by atoms with Crippen molar-refractivity contribution in [3.05, 3.63) is 51.4 Å². The second-order valence-corrected chi connectivity index (χ2v) is 5.44. The maximum Gasteiger partial charge on any atom is 0.292 e. The molecule has 0 saturated heterocycles. The molecule has 20 heavy (non-hydrogen) atoms. The number of hydrogen-bond acceptors (Lipinski definition) is 3. The number of benzene rings is 1. The molecule has 5 nitrogen and oxygen atoms in total. The minimum Gasteiger partial charge on any atom is -0.274 e. The molecule has 1 aromatic carbocycles. The van der Waals surface area contributed by atoms with Crippen LogP contribution in [0.3, 0.4) is 0 Å². The van der Waals surface area contributed by atoms with Gasteiger partial charge < -0.3 is 0 Å². The van der Waals surface area contributed by atoms with E-state index in [4.69, 9.17) is 0 Å². The molecule has 1 aromatic heterocycles. The van der Waals surface area contributed by atoms with Gasteiger partial charge in [0.05, 0.1) is 3.57 Å². The molecular formula is C14H15IN4O. The molecule has 0 fully saturated rings. The fraction of sp³-hybridized carbons (Fsp3) is 0.214. The number of hydrogen-bond donors (Lipinski definition) is 1. The summed E-state index contributed by atoms with van der Waals surface area (Å²) in [6.07, 6.45) is 5.18. The van der Waals surface area contributed by atoms with Crippen molar-refractivity contribution in [2.75, 3.05) is 0 Å². The molecule has 2 rings (SSSR count). The van der Waals surface area contributed by atoms with E-state index in [0.29, 0.717) is 5.69 Å². The standard InChI is InChI=1S/C14H15IN4O/c1-19-10-12(15)13(18-19)14(20)17-16-9-5-8-11-6-3-2-4-7-11/h2-4,6-7,9-10H,5,8H2,1H3,(H,17,20)/b16-9-. The maximum atomic E-state index is 11.8. The molecule has 104 valence electrons. The summed E-state index contributed by atoms with van der Waals surface area (Å²) in [4.78, 5) is 11.8. The first-order chi connectivity index (χ1) is 9.66. The van der Waals surface area contributed by atoms with Gasteiger partial charge in [0.1, 0.15) is 0 Å². The van der Waals surface area contributed by atoms with Gasteiger partial charge in [0.15, 0.2) is 5.69 Å². The van der Waals surface area contributed by atoms with E-state index in [2.05, 4.69) is 50.3 Å². The summed E-state index contributed by atoms with van der Waals surface area (Å²) in [5.41, 5.74) is 4.14. The van der Waals surface area contributed by atoms with Gasteiger partial charge >= 0.3 is 0 Å². The molecule has 0 atom stereocenters. The third-order valence-corrected chi connectivity index (χ3v) is 3.45. The van der Waals surface area contributed by atoms with Gasteiger partial charge in [-0.1, -0.05) is 30.3 Å². The first kappa shape index (κ1) is 14.7. The van der Waals surface area contributed by atoms with Gasteiger partial charge in [-0.15, -0.1) is 0 Å². The number of amides is 1. The van der Waals surface area contributed by atoms with Crippen LogP contribution in [0, 0.1) is 3.57 Å². The van der Waals surface area contributed by atoms with Crippen molar-refractivity contribution in [1.82, 2.24) is 15.2 Å². The second kappa shape index (κ2) is 7.18. The highest BCUT2D eigenvalue weighted by atomic mass is 127. The molecule has 2 aromatic rings. The SMILES string of the molecule is Cn1cc(I)c(C(=O)N/N=C\CCc2ccccc2)n1. The number of halogens is 1. The summed E-state index contributed by atoms with van der Waals surface area (Å²) in [7, 11) is 1.78. The van der Waals surface area contributed by atoms with Crippen LogP contribution >= 0.6 is 22.6 Å². The Kier molecular flexibility index (Phi) is 5.28. The first-order valence-corrected chi connectivity index (χ1v) is 7.29. The number of aromatic nitrogens is 2. The zero-order valence-electron chi connectivity index (χ0n) is 11.1. The quantitative estimate of drug-likeness (QED) is 0.491.